The number of rotatable bonds is 6. The van der Waals surface area contributed by atoms with Crippen molar-refractivity contribution >= 4 is 35.2 Å². The third kappa shape index (κ3) is 5.82. The number of anilines is 1. The maximum Gasteiger partial charge on any atom is 0.331 e. The van der Waals surface area contributed by atoms with Crippen LogP contribution in [0.15, 0.2) is 78.9 Å². The van der Waals surface area contributed by atoms with Gasteiger partial charge in [0.05, 0.1) is 0 Å². The molecule has 1 N–H and O–H groups in total. The molecule has 0 aromatic heterocycles. The van der Waals surface area contributed by atoms with Crippen LogP contribution < -0.4 is 5.32 Å². The van der Waals surface area contributed by atoms with Gasteiger partial charge in [0, 0.05) is 22.3 Å². The molecular formula is C25H22ClNO3. The van der Waals surface area contributed by atoms with Crippen molar-refractivity contribution in [2.24, 2.45) is 0 Å². The van der Waals surface area contributed by atoms with Gasteiger partial charge in [-0.3, -0.25) is 4.79 Å². The van der Waals surface area contributed by atoms with Crippen LogP contribution in [0.25, 0.3) is 6.08 Å². The molecule has 0 saturated carbocycles. The Hall–Kier alpha value is -3.37. The standard InChI is InChI=1S/C25H22ClNO3/c1-17-14-18(2)16-21(15-17)27-25(29)24(20-9-4-3-5-10-20)30-23(28)13-12-19-8-6-7-11-22(19)26/h3-16,24H,1-2H3,(H,27,29)/t24-/m1/s1. The van der Waals surface area contributed by atoms with Gasteiger partial charge in [-0.15, -0.1) is 0 Å². The molecule has 0 saturated heterocycles. The van der Waals surface area contributed by atoms with Gasteiger partial charge in [0.2, 0.25) is 6.10 Å². The van der Waals surface area contributed by atoms with Gasteiger partial charge in [-0.05, 0) is 54.8 Å². The zero-order chi connectivity index (χ0) is 21.5. The van der Waals surface area contributed by atoms with Crippen molar-refractivity contribution in [1.29, 1.82) is 0 Å². The molecule has 3 rings (SSSR count). The first-order valence-electron chi connectivity index (χ1n) is 9.50. The second kappa shape index (κ2) is 9.90. The van der Waals surface area contributed by atoms with E-state index < -0.39 is 18.0 Å². The molecule has 5 heteroatoms. The highest BCUT2D eigenvalue weighted by atomic mass is 35.5. The van der Waals surface area contributed by atoms with E-state index in [4.69, 9.17) is 16.3 Å². The van der Waals surface area contributed by atoms with Crippen LogP contribution in [0.3, 0.4) is 0 Å². The number of hydrogen-bond acceptors (Lipinski definition) is 3. The van der Waals surface area contributed by atoms with Crippen LogP contribution in [0.2, 0.25) is 5.02 Å². The molecule has 0 aliphatic rings. The van der Waals surface area contributed by atoms with Crippen LogP contribution in [-0.4, -0.2) is 11.9 Å². The molecule has 0 radical (unpaired) electrons. The van der Waals surface area contributed by atoms with E-state index in [-0.39, 0.29) is 0 Å². The van der Waals surface area contributed by atoms with Gasteiger partial charge in [-0.25, -0.2) is 4.79 Å². The minimum absolute atomic E-state index is 0.425. The Morgan fingerprint density at radius 2 is 1.57 bits per heavy atom. The lowest BCUT2D eigenvalue weighted by molar-refractivity contribution is -0.149. The summed E-state index contributed by atoms with van der Waals surface area (Å²) < 4.78 is 5.51. The summed E-state index contributed by atoms with van der Waals surface area (Å²) in [5, 5.41) is 3.37. The summed E-state index contributed by atoms with van der Waals surface area (Å²) in [5.41, 5.74) is 3.98. The number of halogens is 1. The van der Waals surface area contributed by atoms with Crippen molar-refractivity contribution in [1.82, 2.24) is 0 Å². The number of benzene rings is 3. The van der Waals surface area contributed by atoms with Gasteiger partial charge in [-0.1, -0.05) is 66.2 Å². The lowest BCUT2D eigenvalue weighted by atomic mass is 10.1. The zero-order valence-corrected chi connectivity index (χ0v) is 17.5. The van der Waals surface area contributed by atoms with E-state index in [0.717, 1.165) is 11.1 Å². The minimum atomic E-state index is -1.09. The topological polar surface area (TPSA) is 55.4 Å². The van der Waals surface area contributed by atoms with Crippen molar-refractivity contribution in [2.45, 2.75) is 20.0 Å². The number of carbonyl (C=O) groups excluding carboxylic acids is 2. The fraction of sp³-hybridized carbons (Fsp3) is 0.120. The average Bonchev–Trinajstić information content (AvgIpc) is 2.71. The highest BCUT2D eigenvalue weighted by Crippen LogP contribution is 2.22. The predicted molar refractivity (Wildman–Crippen MR) is 120 cm³/mol. The fourth-order valence-electron chi connectivity index (χ4n) is 3.08. The summed E-state index contributed by atoms with van der Waals surface area (Å²) in [6.07, 6.45) is 1.74. The zero-order valence-electron chi connectivity index (χ0n) is 16.8. The maximum atomic E-state index is 13.0. The number of hydrogen-bond donors (Lipinski definition) is 1. The molecule has 0 unspecified atom stereocenters. The molecular weight excluding hydrogens is 398 g/mol. The summed E-state index contributed by atoms with van der Waals surface area (Å²) in [6.45, 7) is 3.91. The molecule has 4 nitrogen and oxygen atoms in total. The van der Waals surface area contributed by atoms with Crippen LogP contribution in [0, 0.1) is 13.8 Å². The highest BCUT2D eigenvalue weighted by molar-refractivity contribution is 6.32. The monoisotopic (exact) mass is 419 g/mol. The van der Waals surface area contributed by atoms with E-state index in [1.54, 1.807) is 48.5 Å². The van der Waals surface area contributed by atoms with Crippen molar-refractivity contribution in [2.75, 3.05) is 5.32 Å². The van der Waals surface area contributed by atoms with Gasteiger partial charge in [0.25, 0.3) is 5.91 Å². The van der Waals surface area contributed by atoms with Gasteiger partial charge >= 0.3 is 5.97 Å². The molecule has 3 aromatic carbocycles. The van der Waals surface area contributed by atoms with E-state index in [9.17, 15) is 9.59 Å². The number of amides is 1. The Morgan fingerprint density at radius 3 is 2.23 bits per heavy atom. The molecule has 1 amide bonds. The summed E-state index contributed by atoms with van der Waals surface area (Å²) in [5.74, 6) is -1.06. The van der Waals surface area contributed by atoms with E-state index in [1.807, 2.05) is 44.2 Å². The Labute approximate surface area is 181 Å². The number of ether oxygens (including phenoxy) is 1. The summed E-state index contributed by atoms with van der Waals surface area (Å²) in [7, 11) is 0. The Bertz CT molecular complexity index is 1060. The van der Waals surface area contributed by atoms with Crippen molar-refractivity contribution < 1.29 is 14.3 Å². The molecule has 0 aliphatic heterocycles. The lowest BCUT2D eigenvalue weighted by Gasteiger charge is -2.18. The molecule has 152 valence electrons. The van der Waals surface area contributed by atoms with Gasteiger partial charge in [-0.2, -0.15) is 0 Å². The van der Waals surface area contributed by atoms with Gasteiger partial charge in [0.15, 0.2) is 0 Å². The Kier molecular flexibility index (Phi) is 7.04. The molecule has 0 fully saturated rings. The normalized spacial score (nSPS) is 11.8. The first kappa shape index (κ1) is 21.3. The van der Waals surface area contributed by atoms with E-state index >= 15 is 0 Å². The first-order valence-corrected chi connectivity index (χ1v) is 9.87. The highest BCUT2D eigenvalue weighted by Gasteiger charge is 2.24. The van der Waals surface area contributed by atoms with Crippen molar-refractivity contribution in [3.05, 3.63) is 106 Å². The van der Waals surface area contributed by atoms with Crippen LogP contribution >= 0.6 is 11.6 Å². The summed E-state index contributed by atoms with van der Waals surface area (Å²) in [6, 6.07) is 21.8. The average molecular weight is 420 g/mol. The Morgan fingerprint density at radius 1 is 0.933 bits per heavy atom. The third-order valence-corrected chi connectivity index (χ3v) is 4.71. The van der Waals surface area contributed by atoms with Crippen LogP contribution in [0.5, 0.6) is 0 Å². The maximum absolute atomic E-state index is 13.0. The van der Waals surface area contributed by atoms with Gasteiger partial charge < -0.3 is 10.1 Å². The van der Waals surface area contributed by atoms with E-state index in [2.05, 4.69) is 5.32 Å². The molecule has 3 aromatic rings. The number of nitrogens with one attached hydrogen (secondary N) is 1. The molecule has 0 spiro atoms. The predicted octanol–water partition coefficient (Wildman–Crippen LogP) is 5.89. The SMILES string of the molecule is Cc1cc(C)cc(NC(=O)[C@H](OC(=O)C=Cc2ccccc2Cl)c2ccccc2)c1. The van der Waals surface area contributed by atoms with Crippen LogP contribution in [0.1, 0.15) is 28.4 Å². The molecule has 0 bridgehead atoms. The van der Waals surface area contributed by atoms with Crippen LogP contribution in [0.4, 0.5) is 5.69 Å². The number of carbonyl (C=O) groups is 2. The number of esters is 1. The third-order valence-electron chi connectivity index (χ3n) is 4.37. The molecule has 30 heavy (non-hydrogen) atoms. The number of aryl methyl sites for hydroxylation is 2. The second-order valence-corrected chi connectivity index (χ2v) is 7.36. The Balaban J connectivity index is 1.79. The molecule has 0 heterocycles. The largest absolute Gasteiger partial charge is 0.444 e. The second-order valence-electron chi connectivity index (χ2n) is 6.95. The van der Waals surface area contributed by atoms with Crippen molar-refractivity contribution in [3.63, 3.8) is 0 Å². The van der Waals surface area contributed by atoms with Gasteiger partial charge in [0.1, 0.15) is 0 Å². The first-order chi connectivity index (χ1) is 14.4. The minimum Gasteiger partial charge on any atom is -0.444 e. The lowest BCUT2D eigenvalue weighted by Crippen LogP contribution is -2.25. The summed E-state index contributed by atoms with van der Waals surface area (Å²) >= 11 is 6.11. The van der Waals surface area contributed by atoms with E-state index in [1.165, 1.54) is 6.08 Å². The van der Waals surface area contributed by atoms with E-state index in [0.29, 0.717) is 21.8 Å². The summed E-state index contributed by atoms with van der Waals surface area (Å²) in [4.78, 5) is 25.4. The smallest absolute Gasteiger partial charge is 0.331 e. The quantitative estimate of drug-likeness (QED) is 0.400. The van der Waals surface area contributed by atoms with Crippen molar-refractivity contribution in [3.8, 4) is 0 Å². The molecule has 1 atom stereocenters. The molecule has 0 aliphatic carbocycles. The fourth-order valence-corrected chi connectivity index (χ4v) is 3.28. The van der Waals surface area contributed by atoms with Crippen LogP contribution in [-0.2, 0) is 14.3 Å².